The Hall–Kier alpha value is -1.69. The number of ether oxygens (including phenoxy) is 1. The molecular formula is C14H15BrFN3O. The van der Waals surface area contributed by atoms with Gasteiger partial charge in [0.25, 0.3) is 0 Å². The molecule has 0 saturated carbocycles. The molecule has 6 heteroatoms. The second-order valence-corrected chi connectivity index (χ2v) is 5.10. The van der Waals surface area contributed by atoms with Crippen molar-refractivity contribution < 1.29 is 9.13 Å². The molecule has 106 valence electrons. The largest absolute Gasteiger partial charge is 0.435 e. The Morgan fingerprint density at radius 1 is 1.35 bits per heavy atom. The molecule has 0 radical (unpaired) electrons. The Kier molecular flexibility index (Phi) is 4.89. The van der Waals surface area contributed by atoms with Gasteiger partial charge in [-0.15, -0.1) is 0 Å². The third-order valence-corrected chi connectivity index (χ3v) is 3.24. The first kappa shape index (κ1) is 14.7. The second-order valence-electron chi connectivity index (χ2n) is 4.18. The average molecular weight is 340 g/mol. The van der Waals surface area contributed by atoms with E-state index in [0.717, 1.165) is 18.4 Å². The molecule has 1 aromatic carbocycles. The van der Waals surface area contributed by atoms with E-state index in [9.17, 15) is 4.39 Å². The molecule has 1 N–H and O–H groups in total. The number of halogens is 2. The molecule has 0 bridgehead atoms. The molecule has 0 unspecified atom stereocenters. The van der Waals surface area contributed by atoms with Crippen LogP contribution in [0.25, 0.3) is 0 Å². The van der Waals surface area contributed by atoms with Crippen LogP contribution in [-0.4, -0.2) is 17.0 Å². The highest BCUT2D eigenvalue weighted by Gasteiger charge is 2.14. The molecule has 4 nitrogen and oxygen atoms in total. The summed E-state index contributed by atoms with van der Waals surface area (Å²) in [6, 6.07) is 4.64. The van der Waals surface area contributed by atoms with Crippen LogP contribution in [0.4, 0.5) is 10.2 Å². The van der Waals surface area contributed by atoms with E-state index in [0.29, 0.717) is 16.2 Å². The smallest absolute Gasteiger partial charge is 0.227 e. The molecule has 0 aliphatic carbocycles. The minimum Gasteiger partial charge on any atom is -0.435 e. The van der Waals surface area contributed by atoms with Crippen LogP contribution in [0.15, 0.2) is 29.0 Å². The first-order chi connectivity index (χ1) is 9.65. The van der Waals surface area contributed by atoms with Crippen molar-refractivity contribution in [3.05, 3.63) is 40.4 Å². The van der Waals surface area contributed by atoms with Crippen molar-refractivity contribution in [3.8, 4) is 11.6 Å². The Morgan fingerprint density at radius 2 is 2.15 bits per heavy atom. The van der Waals surface area contributed by atoms with Crippen LogP contribution in [0.3, 0.4) is 0 Å². The third kappa shape index (κ3) is 3.25. The normalized spacial score (nSPS) is 10.4. The van der Waals surface area contributed by atoms with Crippen molar-refractivity contribution in [3.63, 3.8) is 0 Å². The van der Waals surface area contributed by atoms with Crippen LogP contribution in [0.5, 0.6) is 11.6 Å². The van der Waals surface area contributed by atoms with Gasteiger partial charge in [-0.2, -0.15) is 0 Å². The minimum atomic E-state index is -0.438. The molecule has 1 heterocycles. The van der Waals surface area contributed by atoms with Gasteiger partial charge < -0.3 is 10.1 Å². The summed E-state index contributed by atoms with van der Waals surface area (Å²) in [4.78, 5) is 8.26. The number of nitrogens with zero attached hydrogens (tertiary/aromatic N) is 2. The van der Waals surface area contributed by atoms with Crippen LogP contribution in [-0.2, 0) is 6.42 Å². The first-order valence-corrected chi connectivity index (χ1v) is 7.09. The van der Waals surface area contributed by atoms with Crippen LogP contribution in [0.1, 0.15) is 18.9 Å². The zero-order chi connectivity index (χ0) is 14.5. The third-order valence-electron chi connectivity index (χ3n) is 2.74. The lowest BCUT2D eigenvalue weighted by atomic mass is 10.1. The van der Waals surface area contributed by atoms with Gasteiger partial charge in [-0.05, 0) is 24.6 Å². The highest BCUT2D eigenvalue weighted by molar-refractivity contribution is 9.10. The number of aromatic nitrogens is 2. The van der Waals surface area contributed by atoms with Gasteiger partial charge in [0.05, 0.1) is 5.56 Å². The second kappa shape index (κ2) is 6.65. The van der Waals surface area contributed by atoms with Gasteiger partial charge in [0, 0.05) is 11.5 Å². The number of hydrogen-bond acceptors (Lipinski definition) is 4. The molecule has 0 amide bonds. The number of hydrogen-bond donors (Lipinski definition) is 1. The van der Waals surface area contributed by atoms with Gasteiger partial charge in [-0.3, -0.25) is 0 Å². The zero-order valence-electron chi connectivity index (χ0n) is 11.3. The van der Waals surface area contributed by atoms with Crippen LogP contribution < -0.4 is 10.1 Å². The summed E-state index contributed by atoms with van der Waals surface area (Å²) in [5.41, 5.74) is 0.847. The van der Waals surface area contributed by atoms with Crippen LogP contribution >= 0.6 is 15.9 Å². The van der Waals surface area contributed by atoms with E-state index >= 15 is 0 Å². The quantitative estimate of drug-likeness (QED) is 0.888. The summed E-state index contributed by atoms with van der Waals surface area (Å²) in [5, 5.41) is 3.00. The number of benzene rings is 1. The molecule has 0 aliphatic rings. The summed E-state index contributed by atoms with van der Waals surface area (Å²) >= 11 is 3.21. The average Bonchev–Trinajstić information content (AvgIpc) is 2.43. The Balaban J connectivity index is 2.37. The van der Waals surface area contributed by atoms with E-state index in [1.54, 1.807) is 19.2 Å². The highest BCUT2D eigenvalue weighted by Crippen LogP contribution is 2.30. The van der Waals surface area contributed by atoms with Crippen molar-refractivity contribution in [2.24, 2.45) is 0 Å². The molecule has 0 fully saturated rings. The van der Waals surface area contributed by atoms with Crippen molar-refractivity contribution in [1.82, 2.24) is 9.97 Å². The Bertz CT molecular complexity index is 607. The maximum absolute atomic E-state index is 13.8. The minimum absolute atomic E-state index is 0.145. The van der Waals surface area contributed by atoms with Crippen molar-refractivity contribution in [2.75, 3.05) is 12.4 Å². The van der Waals surface area contributed by atoms with Gasteiger partial charge in [0.15, 0.2) is 11.6 Å². The molecule has 20 heavy (non-hydrogen) atoms. The van der Waals surface area contributed by atoms with Gasteiger partial charge in [0.1, 0.15) is 12.1 Å². The predicted molar refractivity (Wildman–Crippen MR) is 79.7 cm³/mol. The maximum Gasteiger partial charge on any atom is 0.227 e. The molecule has 0 saturated heterocycles. The van der Waals surface area contributed by atoms with Crippen molar-refractivity contribution in [1.29, 1.82) is 0 Å². The molecule has 0 spiro atoms. The van der Waals surface area contributed by atoms with Crippen LogP contribution in [0, 0.1) is 5.82 Å². The first-order valence-electron chi connectivity index (χ1n) is 6.30. The molecule has 2 rings (SSSR count). The fourth-order valence-corrected chi connectivity index (χ4v) is 2.17. The van der Waals surface area contributed by atoms with Gasteiger partial charge in [0.2, 0.25) is 5.88 Å². The maximum atomic E-state index is 13.8. The van der Waals surface area contributed by atoms with Crippen molar-refractivity contribution in [2.45, 2.75) is 19.8 Å². The lowest BCUT2D eigenvalue weighted by molar-refractivity contribution is 0.421. The van der Waals surface area contributed by atoms with Gasteiger partial charge >= 0.3 is 0 Å². The standard InChI is InChI=1S/C14H15BrFN3O/c1-3-4-10-13(17-2)18-8-19-14(10)20-12-6-5-9(15)7-11(12)16/h5-8H,3-4H2,1-2H3,(H,17,18,19). The van der Waals surface area contributed by atoms with E-state index in [1.807, 2.05) is 0 Å². The monoisotopic (exact) mass is 339 g/mol. The molecule has 0 atom stereocenters. The summed E-state index contributed by atoms with van der Waals surface area (Å²) in [6.45, 7) is 2.05. The summed E-state index contributed by atoms with van der Waals surface area (Å²) in [7, 11) is 1.78. The fraction of sp³-hybridized carbons (Fsp3) is 0.286. The number of rotatable bonds is 5. The number of anilines is 1. The molecule has 2 aromatic rings. The van der Waals surface area contributed by atoms with E-state index in [4.69, 9.17) is 4.74 Å². The summed E-state index contributed by atoms with van der Waals surface area (Å²) < 4.78 is 20.1. The lowest BCUT2D eigenvalue weighted by Gasteiger charge is -2.13. The van der Waals surface area contributed by atoms with E-state index < -0.39 is 5.82 Å². The SMILES string of the molecule is CCCc1c(NC)ncnc1Oc1ccc(Br)cc1F. The summed E-state index contributed by atoms with van der Waals surface area (Å²) in [6.07, 6.45) is 3.07. The van der Waals surface area contributed by atoms with E-state index in [1.165, 1.54) is 12.4 Å². The number of nitrogens with one attached hydrogen (secondary N) is 1. The van der Waals surface area contributed by atoms with Crippen molar-refractivity contribution >= 4 is 21.7 Å². The molecule has 1 aromatic heterocycles. The zero-order valence-corrected chi connectivity index (χ0v) is 12.9. The van der Waals surface area contributed by atoms with E-state index in [2.05, 4.69) is 38.1 Å². The lowest BCUT2D eigenvalue weighted by Crippen LogP contribution is -2.03. The predicted octanol–water partition coefficient (Wildman–Crippen LogP) is 4.16. The Labute approximate surface area is 125 Å². The fourth-order valence-electron chi connectivity index (χ4n) is 1.84. The topological polar surface area (TPSA) is 47.0 Å². The van der Waals surface area contributed by atoms with E-state index in [-0.39, 0.29) is 5.75 Å². The molecular weight excluding hydrogens is 325 g/mol. The van der Waals surface area contributed by atoms with Gasteiger partial charge in [-0.25, -0.2) is 14.4 Å². The Morgan fingerprint density at radius 3 is 2.80 bits per heavy atom. The summed E-state index contributed by atoms with van der Waals surface area (Å²) in [5.74, 6) is 0.791. The highest BCUT2D eigenvalue weighted by atomic mass is 79.9. The van der Waals surface area contributed by atoms with Gasteiger partial charge in [-0.1, -0.05) is 29.3 Å². The van der Waals surface area contributed by atoms with Crippen LogP contribution in [0.2, 0.25) is 0 Å². The molecule has 0 aliphatic heterocycles.